The van der Waals surface area contributed by atoms with Crippen LogP contribution in [0.2, 0.25) is 5.15 Å². The third-order valence-electron chi connectivity index (χ3n) is 3.89. The van der Waals surface area contributed by atoms with Gasteiger partial charge in [-0.1, -0.05) is 53.7 Å². The van der Waals surface area contributed by atoms with Crippen LogP contribution in [0.4, 0.5) is 0 Å². The summed E-state index contributed by atoms with van der Waals surface area (Å²) in [5, 5.41) is 10.2. The standard InChI is InChI=1S/C17H15ClN6OS/c1-23-14(18)7-12(22-23)10-26-17-20-15-13(16(25)21-17)8-19-24(15)9-11-5-3-2-4-6-11/h2-8H,9-10H2,1H3,(H,20,21,25). The summed E-state index contributed by atoms with van der Waals surface area (Å²) >= 11 is 7.40. The first-order valence-electron chi connectivity index (χ1n) is 7.91. The number of aryl methyl sites for hydroxylation is 1. The Labute approximate surface area is 158 Å². The Morgan fingerprint density at radius 1 is 1.27 bits per heavy atom. The quantitative estimate of drug-likeness (QED) is 0.421. The smallest absolute Gasteiger partial charge is 0.262 e. The van der Waals surface area contributed by atoms with Gasteiger partial charge in [0.1, 0.15) is 10.5 Å². The fourth-order valence-corrected chi connectivity index (χ4v) is 3.50. The van der Waals surface area contributed by atoms with Gasteiger partial charge in [-0.15, -0.1) is 0 Å². The molecule has 0 bridgehead atoms. The predicted molar refractivity (Wildman–Crippen MR) is 101 cm³/mol. The van der Waals surface area contributed by atoms with Crippen LogP contribution in [0.1, 0.15) is 11.3 Å². The summed E-state index contributed by atoms with van der Waals surface area (Å²) in [6, 6.07) is 11.7. The second-order valence-corrected chi connectivity index (χ2v) is 7.12. The Balaban J connectivity index is 1.62. The lowest BCUT2D eigenvalue weighted by Crippen LogP contribution is -2.10. The molecule has 0 saturated carbocycles. The van der Waals surface area contributed by atoms with Crippen molar-refractivity contribution in [3.63, 3.8) is 0 Å². The number of nitrogens with zero attached hydrogens (tertiary/aromatic N) is 5. The number of fused-ring (bicyclic) bond motifs is 1. The van der Waals surface area contributed by atoms with Crippen molar-refractivity contribution in [3.05, 3.63) is 69.4 Å². The molecule has 0 aliphatic heterocycles. The van der Waals surface area contributed by atoms with Crippen LogP contribution in [0.15, 0.2) is 52.5 Å². The Kier molecular flexibility index (Phi) is 4.52. The summed E-state index contributed by atoms with van der Waals surface area (Å²) in [5.41, 5.74) is 2.29. The Hall–Kier alpha value is -2.58. The molecule has 7 nitrogen and oxygen atoms in total. The van der Waals surface area contributed by atoms with Crippen LogP contribution in [0.5, 0.6) is 0 Å². The minimum absolute atomic E-state index is 0.198. The van der Waals surface area contributed by atoms with E-state index in [1.807, 2.05) is 30.3 Å². The zero-order valence-electron chi connectivity index (χ0n) is 13.9. The average Bonchev–Trinajstić information content (AvgIpc) is 3.18. The summed E-state index contributed by atoms with van der Waals surface area (Å²) in [7, 11) is 1.78. The number of hydrogen-bond acceptors (Lipinski definition) is 5. The van der Waals surface area contributed by atoms with Crippen LogP contribution in [0.3, 0.4) is 0 Å². The third-order valence-corrected chi connectivity index (χ3v) is 5.15. The van der Waals surface area contributed by atoms with Crippen molar-refractivity contribution in [2.75, 3.05) is 0 Å². The molecule has 4 rings (SSSR count). The van der Waals surface area contributed by atoms with Gasteiger partial charge in [0.2, 0.25) is 0 Å². The van der Waals surface area contributed by atoms with E-state index in [-0.39, 0.29) is 5.56 Å². The van der Waals surface area contributed by atoms with E-state index < -0.39 is 0 Å². The predicted octanol–water partition coefficient (Wildman–Crippen LogP) is 2.85. The van der Waals surface area contributed by atoms with Gasteiger partial charge in [-0.3, -0.25) is 9.48 Å². The highest BCUT2D eigenvalue weighted by Crippen LogP contribution is 2.21. The number of halogens is 1. The van der Waals surface area contributed by atoms with E-state index in [4.69, 9.17) is 11.6 Å². The molecule has 1 N–H and O–H groups in total. The second-order valence-electron chi connectivity index (χ2n) is 5.77. The number of H-pyrrole nitrogens is 1. The minimum atomic E-state index is -0.198. The molecule has 0 aliphatic carbocycles. The topological polar surface area (TPSA) is 81.4 Å². The van der Waals surface area contributed by atoms with Crippen LogP contribution in [0, 0.1) is 0 Å². The number of nitrogens with one attached hydrogen (secondary N) is 1. The van der Waals surface area contributed by atoms with E-state index in [1.54, 1.807) is 28.7 Å². The molecular formula is C17H15ClN6OS. The molecule has 0 atom stereocenters. The molecule has 0 aliphatic rings. The third kappa shape index (κ3) is 3.38. The number of thioether (sulfide) groups is 1. The first kappa shape index (κ1) is 16.9. The molecule has 132 valence electrons. The van der Waals surface area contributed by atoms with E-state index in [2.05, 4.69) is 20.2 Å². The molecule has 9 heteroatoms. The fourth-order valence-electron chi connectivity index (χ4n) is 2.60. The lowest BCUT2D eigenvalue weighted by atomic mass is 10.2. The molecule has 26 heavy (non-hydrogen) atoms. The lowest BCUT2D eigenvalue weighted by molar-refractivity contribution is 0.699. The van der Waals surface area contributed by atoms with Crippen molar-refractivity contribution in [3.8, 4) is 0 Å². The number of aromatic nitrogens is 6. The number of aromatic amines is 1. The number of rotatable bonds is 5. The van der Waals surface area contributed by atoms with Crippen molar-refractivity contribution >= 4 is 34.4 Å². The highest BCUT2D eigenvalue weighted by atomic mass is 35.5. The molecule has 0 radical (unpaired) electrons. The maximum Gasteiger partial charge on any atom is 0.262 e. The lowest BCUT2D eigenvalue weighted by Gasteiger charge is -2.04. The van der Waals surface area contributed by atoms with Crippen molar-refractivity contribution in [2.45, 2.75) is 17.5 Å². The van der Waals surface area contributed by atoms with Gasteiger partial charge in [0.15, 0.2) is 10.8 Å². The highest BCUT2D eigenvalue weighted by molar-refractivity contribution is 7.98. The Morgan fingerprint density at radius 3 is 2.81 bits per heavy atom. The maximum atomic E-state index is 12.3. The van der Waals surface area contributed by atoms with E-state index in [1.165, 1.54) is 11.8 Å². The molecule has 1 aromatic carbocycles. The molecule has 0 fully saturated rings. The summed E-state index contributed by atoms with van der Waals surface area (Å²) in [4.78, 5) is 19.7. The Bertz CT molecular complexity index is 1100. The van der Waals surface area contributed by atoms with Crippen molar-refractivity contribution < 1.29 is 0 Å². The minimum Gasteiger partial charge on any atom is -0.301 e. The van der Waals surface area contributed by atoms with E-state index in [0.29, 0.717) is 33.6 Å². The SMILES string of the molecule is Cn1nc(CSc2nc3c(cnn3Cc3ccccc3)c(=O)[nH]2)cc1Cl. The summed E-state index contributed by atoms with van der Waals surface area (Å²) < 4.78 is 3.34. The Morgan fingerprint density at radius 2 is 2.08 bits per heavy atom. The van der Waals surface area contributed by atoms with Crippen LogP contribution in [-0.4, -0.2) is 29.5 Å². The van der Waals surface area contributed by atoms with Gasteiger partial charge in [-0.05, 0) is 11.6 Å². The molecule has 0 saturated heterocycles. The molecule has 3 heterocycles. The van der Waals surface area contributed by atoms with Crippen molar-refractivity contribution in [1.29, 1.82) is 0 Å². The first-order chi connectivity index (χ1) is 12.6. The average molecular weight is 387 g/mol. The zero-order chi connectivity index (χ0) is 18.1. The first-order valence-corrected chi connectivity index (χ1v) is 9.27. The van der Waals surface area contributed by atoms with Gasteiger partial charge in [-0.2, -0.15) is 10.2 Å². The zero-order valence-corrected chi connectivity index (χ0v) is 15.5. The number of benzene rings is 1. The van der Waals surface area contributed by atoms with Crippen LogP contribution in [0.25, 0.3) is 11.0 Å². The van der Waals surface area contributed by atoms with Gasteiger partial charge in [0.25, 0.3) is 5.56 Å². The van der Waals surface area contributed by atoms with Crippen molar-refractivity contribution in [2.24, 2.45) is 7.05 Å². The van der Waals surface area contributed by atoms with Gasteiger partial charge < -0.3 is 4.98 Å². The van der Waals surface area contributed by atoms with Crippen LogP contribution in [-0.2, 0) is 19.3 Å². The van der Waals surface area contributed by atoms with Gasteiger partial charge in [0.05, 0.1) is 18.4 Å². The van der Waals surface area contributed by atoms with Gasteiger partial charge in [-0.25, -0.2) is 9.67 Å². The van der Waals surface area contributed by atoms with Crippen LogP contribution >= 0.6 is 23.4 Å². The van der Waals surface area contributed by atoms with Crippen LogP contribution < -0.4 is 5.56 Å². The normalized spacial score (nSPS) is 11.3. The summed E-state index contributed by atoms with van der Waals surface area (Å²) in [5.74, 6) is 0.557. The molecule has 4 aromatic rings. The molecular weight excluding hydrogens is 372 g/mol. The molecule has 0 unspecified atom stereocenters. The number of hydrogen-bond donors (Lipinski definition) is 1. The maximum absolute atomic E-state index is 12.3. The second kappa shape index (κ2) is 6.97. The van der Waals surface area contributed by atoms with Crippen molar-refractivity contribution in [1.82, 2.24) is 29.5 Å². The monoisotopic (exact) mass is 386 g/mol. The highest BCUT2D eigenvalue weighted by Gasteiger charge is 2.12. The van der Waals surface area contributed by atoms with E-state index >= 15 is 0 Å². The van der Waals surface area contributed by atoms with Gasteiger partial charge >= 0.3 is 0 Å². The van der Waals surface area contributed by atoms with E-state index in [0.717, 1.165) is 11.3 Å². The molecule has 0 amide bonds. The summed E-state index contributed by atoms with van der Waals surface area (Å²) in [6.45, 7) is 0.556. The fraction of sp³-hybridized carbons (Fsp3) is 0.176. The largest absolute Gasteiger partial charge is 0.301 e. The summed E-state index contributed by atoms with van der Waals surface area (Å²) in [6.07, 6.45) is 1.55. The van der Waals surface area contributed by atoms with Gasteiger partial charge in [0, 0.05) is 12.8 Å². The molecule has 3 aromatic heterocycles. The van der Waals surface area contributed by atoms with E-state index in [9.17, 15) is 4.79 Å². The molecule has 0 spiro atoms.